The lowest BCUT2D eigenvalue weighted by Gasteiger charge is -2.21. The number of amides is 1. The topological polar surface area (TPSA) is 49.4 Å². The van der Waals surface area contributed by atoms with Crippen molar-refractivity contribution in [2.24, 2.45) is 5.92 Å². The number of nitrogens with zero attached hydrogens (tertiary/aromatic N) is 1. The van der Waals surface area contributed by atoms with Crippen LogP contribution in [-0.4, -0.2) is 31.3 Å². The third-order valence-corrected chi connectivity index (χ3v) is 3.66. The lowest BCUT2D eigenvalue weighted by Crippen LogP contribution is -2.36. The van der Waals surface area contributed by atoms with Gasteiger partial charge in [-0.15, -0.1) is 0 Å². The zero-order valence-electron chi connectivity index (χ0n) is 11.1. The summed E-state index contributed by atoms with van der Waals surface area (Å²) in [6, 6.07) is 5.32. The molecule has 0 saturated heterocycles. The van der Waals surface area contributed by atoms with Crippen molar-refractivity contribution in [1.29, 1.82) is 0 Å². The van der Waals surface area contributed by atoms with Crippen LogP contribution in [0.15, 0.2) is 22.7 Å². The third-order valence-electron chi connectivity index (χ3n) is 3.17. The molecule has 19 heavy (non-hydrogen) atoms. The maximum absolute atomic E-state index is 12.0. The number of benzene rings is 1. The van der Waals surface area contributed by atoms with E-state index in [1.54, 1.807) is 17.0 Å². The summed E-state index contributed by atoms with van der Waals surface area (Å²) in [5.74, 6) is -0.531. The molecule has 2 rings (SSSR count). The third kappa shape index (κ3) is 2.87. The standard InChI is InChI=1S/C14H17BrN2O2/c1-3-16-7-9(2)8-17-12-6-10(15)4-5-11(12)13(18)14(17)19/h4-6,9,16H,3,7-8H2,1-2H3. The molecule has 0 bridgehead atoms. The zero-order chi connectivity index (χ0) is 14.0. The van der Waals surface area contributed by atoms with Gasteiger partial charge in [-0.3, -0.25) is 9.59 Å². The summed E-state index contributed by atoms with van der Waals surface area (Å²) in [5.41, 5.74) is 1.22. The van der Waals surface area contributed by atoms with E-state index in [0.29, 0.717) is 23.7 Å². The average Bonchev–Trinajstić information content (AvgIpc) is 2.61. The van der Waals surface area contributed by atoms with Crippen LogP contribution in [-0.2, 0) is 4.79 Å². The number of Topliss-reactive ketones (excluding diaryl/α,β-unsaturated/α-hetero) is 1. The number of ketones is 1. The van der Waals surface area contributed by atoms with Crippen molar-refractivity contribution >= 4 is 33.3 Å². The van der Waals surface area contributed by atoms with Gasteiger partial charge in [-0.2, -0.15) is 0 Å². The van der Waals surface area contributed by atoms with E-state index in [0.717, 1.165) is 17.6 Å². The second-order valence-electron chi connectivity index (χ2n) is 4.82. The molecular weight excluding hydrogens is 308 g/mol. The minimum atomic E-state index is -0.420. The molecule has 1 aromatic carbocycles. The van der Waals surface area contributed by atoms with Crippen molar-refractivity contribution in [2.45, 2.75) is 13.8 Å². The Labute approximate surface area is 121 Å². The van der Waals surface area contributed by atoms with E-state index in [4.69, 9.17) is 0 Å². The van der Waals surface area contributed by atoms with Crippen molar-refractivity contribution in [3.05, 3.63) is 28.2 Å². The number of carbonyl (C=O) groups excluding carboxylic acids is 2. The van der Waals surface area contributed by atoms with Gasteiger partial charge >= 0.3 is 0 Å². The minimum Gasteiger partial charge on any atom is -0.317 e. The van der Waals surface area contributed by atoms with Crippen LogP contribution in [0.5, 0.6) is 0 Å². The van der Waals surface area contributed by atoms with Gasteiger partial charge in [0, 0.05) is 11.0 Å². The smallest absolute Gasteiger partial charge is 0.299 e. The molecule has 1 atom stereocenters. The summed E-state index contributed by atoms with van der Waals surface area (Å²) in [4.78, 5) is 25.5. The second-order valence-corrected chi connectivity index (χ2v) is 5.73. The first-order valence-electron chi connectivity index (χ1n) is 6.41. The van der Waals surface area contributed by atoms with Gasteiger partial charge in [0.15, 0.2) is 0 Å². The van der Waals surface area contributed by atoms with Crippen LogP contribution in [0, 0.1) is 5.92 Å². The molecular formula is C14H17BrN2O2. The molecule has 0 fully saturated rings. The van der Waals surface area contributed by atoms with E-state index in [-0.39, 0.29) is 0 Å². The Morgan fingerprint density at radius 3 is 2.79 bits per heavy atom. The summed E-state index contributed by atoms with van der Waals surface area (Å²) in [6.45, 7) is 6.40. The predicted octanol–water partition coefficient (Wildman–Crippen LogP) is 2.22. The van der Waals surface area contributed by atoms with Crippen LogP contribution in [0.2, 0.25) is 0 Å². The van der Waals surface area contributed by atoms with Gasteiger partial charge in [-0.1, -0.05) is 29.8 Å². The van der Waals surface area contributed by atoms with E-state index in [9.17, 15) is 9.59 Å². The van der Waals surface area contributed by atoms with E-state index in [1.807, 2.05) is 13.0 Å². The van der Waals surface area contributed by atoms with Gasteiger partial charge in [-0.25, -0.2) is 0 Å². The fourth-order valence-electron chi connectivity index (χ4n) is 2.22. The molecule has 102 valence electrons. The molecule has 1 aliphatic heterocycles. The van der Waals surface area contributed by atoms with Gasteiger partial charge < -0.3 is 10.2 Å². The van der Waals surface area contributed by atoms with E-state index >= 15 is 0 Å². The number of hydrogen-bond acceptors (Lipinski definition) is 3. The Bertz CT molecular complexity index is 516. The molecule has 4 nitrogen and oxygen atoms in total. The van der Waals surface area contributed by atoms with Gasteiger partial charge in [0.1, 0.15) is 0 Å². The molecule has 0 saturated carbocycles. The molecule has 1 amide bonds. The normalized spacial score (nSPS) is 15.8. The fraction of sp³-hybridized carbons (Fsp3) is 0.429. The first kappa shape index (κ1) is 14.2. The summed E-state index contributed by atoms with van der Waals surface area (Å²) in [5, 5.41) is 3.25. The SMILES string of the molecule is CCNCC(C)CN1C(=O)C(=O)c2ccc(Br)cc21. The maximum atomic E-state index is 12.0. The number of hydrogen-bond donors (Lipinski definition) is 1. The largest absolute Gasteiger partial charge is 0.317 e. The Kier molecular flexibility index (Phi) is 4.37. The molecule has 5 heteroatoms. The van der Waals surface area contributed by atoms with Crippen molar-refractivity contribution in [1.82, 2.24) is 5.32 Å². The van der Waals surface area contributed by atoms with E-state index in [2.05, 4.69) is 28.2 Å². The Morgan fingerprint density at radius 1 is 1.37 bits per heavy atom. The van der Waals surface area contributed by atoms with Crippen LogP contribution in [0.1, 0.15) is 24.2 Å². The van der Waals surface area contributed by atoms with Crippen LogP contribution in [0.4, 0.5) is 5.69 Å². The van der Waals surface area contributed by atoms with Crippen LogP contribution in [0.3, 0.4) is 0 Å². The summed E-state index contributed by atoms with van der Waals surface area (Å²) in [6.07, 6.45) is 0. The van der Waals surface area contributed by atoms with Gasteiger partial charge in [0.2, 0.25) is 0 Å². The van der Waals surface area contributed by atoms with Gasteiger partial charge in [0.25, 0.3) is 11.7 Å². The minimum absolute atomic E-state index is 0.293. The number of halogens is 1. The van der Waals surface area contributed by atoms with Crippen molar-refractivity contribution in [3.63, 3.8) is 0 Å². The van der Waals surface area contributed by atoms with Crippen molar-refractivity contribution in [3.8, 4) is 0 Å². The molecule has 0 radical (unpaired) electrons. The molecule has 1 unspecified atom stereocenters. The molecule has 1 aliphatic rings. The summed E-state index contributed by atoms with van der Waals surface area (Å²) < 4.78 is 0.873. The second kappa shape index (κ2) is 5.84. The van der Waals surface area contributed by atoms with Crippen LogP contribution < -0.4 is 10.2 Å². The van der Waals surface area contributed by atoms with Gasteiger partial charge in [0.05, 0.1) is 11.3 Å². The first-order chi connectivity index (χ1) is 9.04. The van der Waals surface area contributed by atoms with Crippen molar-refractivity contribution in [2.75, 3.05) is 24.5 Å². The Morgan fingerprint density at radius 2 is 2.11 bits per heavy atom. The quantitative estimate of drug-likeness (QED) is 0.845. The average molecular weight is 325 g/mol. The Hall–Kier alpha value is -1.20. The molecule has 0 aliphatic carbocycles. The molecule has 1 N–H and O–H groups in total. The van der Waals surface area contributed by atoms with Gasteiger partial charge in [-0.05, 0) is 37.2 Å². The number of nitrogens with one attached hydrogen (secondary N) is 1. The first-order valence-corrected chi connectivity index (χ1v) is 7.20. The lowest BCUT2D eigenvalue weighted by molar-refractivity contribution is -0.114. The summed E-state index contributed by atoms with van der Waals surface area (Å²) in [7, 11) is 0. The fourth-order valence-corrected chi connectivity index (χ4v) is 2.56. The highest BCUT2D eigenvalue weighted by molar-refractivity contribution is 9.10. The van der Waals surface area contributed by atoms with E-state index < -0.39 is 11.7 Å². The summed E-state index contributed by atoms with van der Waals surface area (Å²) >= 11 is 3.38. The number of fused-ring (bicyclic) bond motifs is 1. The van der Waals surface area contributed by atoms with Crippen molar-refractivity contribution < 1.29 is 9.59 Å². The van der Waals surface area contributed by atoms with E-state index in [1.165, 1.54) is 0 Å². The number of carbonyl (C=O) groups is 2. The molecule has 1 heterocycles. The predicted molar refractivity (Wildman–Crippen MR) is 78.5 cm³/mol. The molecule has 1 aromatic rings. The Balaban J connectivity index is 2.20. The number of rotatable bonds is 5. The highest BCUT2D eigenvalue weighted by Crippen LogP contribution is 2.32. The maximum Gasteiger partial charge on any atom is 0.299 e. The number of anilines is 1. The highest BCUT2D eigenvalue weighted by atomic mass is 79.9. The zero-order valence-corrected chi connectivity index (χ0v) is 12.7. The van der Waals surface area contributed by atoms with Crippen LogP contribution >= 0.6 is 15.9 Å². The molecule has 0 spiro atoms. The van der Waals surface area contributed by atoms with Crippen LogP contribution in [0.25, 0.3) is 0 Å². The monoisotopic (exact) mass is 324 g/mol. The molecule has 0 aromatic heterocycles. The lowest BCUT2D eigenvalue weighted by atomic mass is 10.1. The highest BCUT2D eigenvalue weighted by Gasteiger charge is 2.36.